The van der Waals surface area contributed by atoms with Crippen LogP contribution < -0.4 is 0 Å². The normalized spacial score (nSPS) is 12.6. The molecule has 0 aliphatic heterocycles. The Morgan fingerprint density at radius 2 is 1.32 bits per heavy atom. The maximum absolute atomic E-state index is 10.8. The van der Waals surface area contributed by atoms with Crippen LogP contribution in [0, 0.1) is 0 Å². The van der Waals surface area contributed by atoms with Crippen molar-refractivity contribution in [1.82, 2.24) is 0 Å². The van der Waals surface area contributed by atoms with Crippen LogP contribution in [-0.4, -0.2) is 5.78 Å². The standard InChI is InChI=1S/C18H30O/c1-15(2)9-6-10-16(3)11-7-12-17(4)13-8-14-18(5)19/h11-12H,1,6-10,13-14H2,2-5H3. The van der Waals surface area contributed by atoms with Crippen molar-refractivity contribution >= 4 is 5.78 Å². The Kier molecular flexibility index (Phi) is 10.1. The van der Waals surface area contributed by atoms with E-state index in [2.05, 4.69) is 39.5 Å². The van der Waals surface area contributed by atoms with Gasteiger partial charge >= 0.3 is 0 Å². The van der Waals surface area contributed by atoms with Gasteiger partial charge in [0.25, 0.3) is 0 Å². The summed E-state index contributed by atoms with van der Waals surface area (Å²) in [5, 5.41) is 0. The molecule has 0 aliphatic carbocycles. The van der Waals surface area contributed by atoms with Crippen LogP contribution in [0.1, 0.15) is 72.6 Å². The molecule has 0 saturated carbocycles. The van der Waals surface area contributed by atoms with Crippen molar-refractivity contribution in [2.75, 3.05) is 0 Å². The molecule has 0 N–H and O–H groups in total. The van der Waals surface area contributed by atoms with E-state index in [1.54, 1.807) is 6.92 Å². The predicted octanol–water partition coefficient (Wildman–Crippen LogP) is 5.77. The first-order valence-electron chi connectivity index (χ1n) is 7.37. The number of hydrogen-bond donors (Lipinski definition) is 0. The van der Waals surface area contributed by atoms with Gasteiger partial charge in [-0.1, -0.05) is 28.9 Å². The smallest absolute Gasteiger partial charge is 0.129 e. The molecule has 0 fully saturated rings. The lowest BCUT2D eigenvalue weighted by Crippen LogP contribution is -1.89. The number of carbonyl (C=O) groups is 1. The predicted molar refractivity (Wildman–Crippen MR) is 85.3 cm³/mol. The summed E-state index contributed by atoms with van der Waals surface area (Å²) >= 11 is 0. The largest absolute Gasteiger partial charge is 0.300 e. The van der Waals surface area contributed by atoms with E-state index in [1.165, 1.54) is 29.6 Å². The molecular weight excluding hydrogens is 232 g/mol. The average molecular weight is 262 g/mol. The van der Waals surface area contributed by atoms with Crippen molar-refractivity contribution in [2.24, 2.45) is 0 Å². The molecule has 0 heterocycles. The summed E-state index contributed by atoms with van der Waals surface area (Å²) in [5.41, 5.74) is 4.13. The second-order valence-corrected chi connectivity index (χ2v) is 5.70. The fourth-order valence-corrected chi connectivity index (χ4v) is 1.95. The van der Waals surface area contributed by atoms with Crippen LogP contribution in [0.25, 0.3) is 0 Å². The van der Waals surface area contributed by atoms with Gasteiger partial charge in [0, 0.05) is 6.42 Å². The third kappa shape index (κ3) is 13.1. The zero-order valence-electron chi connectivity index (χ0n) is 13.2. The topological polar surface area (TPSA) is 17.1 Å². The Hall–Kier alpha value is -1.11. The Labute approximate surface area is 119 Å². The Morgan fingerprint density at radius 1 is 0.842 bits per heavy atom. The molecule has 0 spiro atoms. The van der Waals surface area contributed by atoms with E-state index in [0.29, 0.717) is 12.2 Å². The number of carbonyl (C=O) groups excluding carboxylic acids is 1. The minimum absolute atomic E-state index is 0.293. The lowest BCUT2D eigenvalue weighted by atomic mass is 10.0. The maximum atomic E-state index is 10.8. The molecule has 0 rings (SSSR count). The molecule has 0 amide bonds. The highest BCUT2D eigenvalue weighted by Crippen LogP contribution is 2.12. The van der Waals surface area contributed by atoms with E-state index in [4.69, 9.17) is 0 Å². The second-order valence-electron chi connectivity index (χ2n) is 5.70. The molecule has 0 aromatic carbocycles. The van der Waals surface area contributed by atoms with E-state index >= 15 is 0 Å². The summed E-state index contributed by atoms with van der Waals surface area (Å²) in [6, 6.07) is 0. The molecule has 108 valence electrons. The lowest BCUT2D eigenvalue weighted by molar-refractivity contribution is -0.117. The Bertz CT molecular complexity index is 311. The minimum Gasteiger partial charge on any atom is -0.300 e. The number of Topliss-reactive ketones (excluding diaryl/α,β-unsaturated/α-hetero) is 1. The van der Waals surface area contributed by atoms with Crippen LogP contribution in [0.5, 0.6) is 0 Å². The molecule has 0 unspecified atom stereocenters. The molecule has 0 radical (unpaired) electrons. The molecule has 0 bridgehead atoms. The summed E-state index contributed by atoms with van der Waals surface area (Å²) in [5.74, 6) is 0.293. The molecule has 0 aromatic rings. The van der Waals surface area contributed by atoms with E-state index in [1.807, 2.05) is 0 Å². The number of allylic oxidation sites excluding steroid dienone is 5. The van der Waals surface area contributed by atoms with Gasteiger partial charge in [0.2, 0.25) is 0 Å². The van der Waals surface area contributed by atoms with Crippen LogP contribution in [-0.2, 0) is 4.79 Å². The van der Waals surface area contributed by atoms with Gasteiger partial charge in [0.05, 0.1) is 0 Å². The zero-order chi connectivity index (χ0) is 14.7. The van der Waals surface area contributed by atoms with Crippen molar-refractivity contribution in [3.8, 4) is 0 Å². The minimum atomic E-state index is 0.293. The van der Waals surface area contributed by atoms with Gasteiger partial charge in [0.15, 0.2) is 0 Å². The highest BCUT2D eigenvalue weighted by Gasteiger charge is 1.95. The van der Waals surface area contributed by atoms with Crippen LogP contribution >= 0.6 is 0 Å². The van der Waals surface area contributed by atoms with Crippen molar-refractivity contribution in [1.29, 1.82) is 0 Å². The highest BCUT2D eigenvalue weighted by molar-refractivity contribution is 5.75. The van der Waals surface area contributed by atoms with Gasteiger partial charge in [-0.05, 0) is 66.2 Å². The molecule has 19 heavy (non-hydrogen) atoms. The van der Waals surface area contributed by atoms with Crippen LogP contribution in [0.15, 0.2) is 35.5 Å². The summed E-state index contributed by atoms with van der Waals surface area (Å²) in [6.07, 6.45) is 11.9. The van der Waals surface area contributed by atoms with Gasteiger partial charge in [0.1, 0.15) is 5.78 Å². The summed E-state index contributed by atoms with van der Waals surface area (Å²) in [4.78, 5) is 10.8. The first kappa shape index (κ1) is 17.9. The SMILES string of the molecule is C=C(C)CCCC(C)=CCC=C(C)CCCC(C)=O. The number of ketones is 1. The van der Waals surface area contributed by atoms with Crippen LogP contribution in [0.4, 0.5) is 0 Å². The summed E-state index contributed by atoms with van der Waals surface area (Å²) in [7, 11) is 0. The molecule has 0 saturated heterocycles. The van der Waals surface area contributed by atoms with Gasteiger partial charge < -0.3 is 4.79 Å². The monoisotopic (exact) mass is 262 g/mol. The van der Waals surface area contributed by atoms with E-state index in [0.717, 1.165) is 25.7 Å². The number of hydrogen-bond acceptors (Lipinski definition) is 1. The fraction of sp³-hybridized carbons (Fsp3) is 0.611. The van der Waals surface area contributed by atoms with Gasteiger partial charge in [-0.15, -0.1) is 6.58 Å². The molecule has 1 heteroatoms. The first-order chi connectivity index (χ1) is 8.91. The van der Waals surface area contributed by atoms with Crippen molar-refractivity contribution < 1.29 is 4.79 Å². The molecule has 0 atom stereocenters. The first-order valence-corrected chi connectivity index (χ1v) is 7.37. The third-order valence-corrected chi connectivity index (χ3v) is 3.21. The van der Waals surface area contributed by atoms with Crippen LogP contribution in [0.3, 0.4) is 0 Å². The summed E-state index contributed by atoms with van der Waals surface area (Å²) < 4.78 is 0. The van der Waals surface area contributed by atoms with Crippen molar-refractivity contribution in [3.63, 3.8) is 0 Å². The Balaban J connectivity index is 3.83. The van der Waals surface area contributed by atoms with E-state index < -0.39 is 0 Å². The Morgan fingerprint density at radius 3 is 1.74 bits per heavy atom. The van der Waals surface area contributed by atoms with Gasteiger partial charge in [-0.2, -0.15) is 0 Å². The molecule has 1 nitrogen and oxygen atoms in total. The third-order valence-electron chi connectivity index (χ3n) is 3.21. The van der Waals surface area contributed by atoms with Crippen LogP contribution in [0.2, 0.25) is 0 Å². The van der Waals surface area contributed by atoms with Gasteiger partial charge in [-0.3, -0.25) is 0 Å². The fourth-order valence-electron chi connectivity index (χ4n) is 1.95. The van der Waals surface area contributed by atoms with Crippen molar-refractivity contribution in [3.05, 3.63) is 35.5 Å². The molecule has 0 aromatic heterocycles. The maximum Gasteiger partial charge on any atom is 0.129 e. The number of rotatable bonds is 10. The average Bonchev–Trinajstić information content (AvgIpc) is 2.27. The molecular formula is C18H30O. The lowest BCUT2D eigenvalue weighted by Gasteiger charge is -2.02. The van der Waals surface area contributed by atoms with Crippen molar-refractivity contribution in [2.45, 2.75) is 72.6 Å². The quantitative estimate of drug-likeness (QED) is 0.456. The zero-order valence-corrected chi connectivity index (χ0v) is 13.2. The highest BCUT2D eigenvalue weighted by atomic mass is 16.1. The van der Waals surface area contributed by atoms with Gasteiger partial charge in [-0.25, -0.2) is 0 Å². The van der Waals surface area contributed by atoms with E-state index in [9.17, 15) is 4.79 Å². The van der Waals surface area contributed by atoms with E-state index in [-0.39, 0.29) is 0 Å². The summed E-state index contributed by atoms with van der Waals surface area (Å²) in [6.45, 7) is 12.0. The second kappa shape index (κ2) is 10.8. The molecule has 0 aliphatic rings.